The lowest BCUT2D eigenvalue weighted by molar-refractivity contribution is 0.594. The highest BCUT2D eigenvalue weighted by Crippen LogP contribution is 2.14. The van der Waals surface area contributed by atoms with Gasteiger partial charge in [-0.25, -0.2) is 8.42 Å². The fourth-order valence-corrected chi connectivity index (χ4v) is 3.22. The Morgan fingerprint density at radius 1 is 1.15 bits per heavy atom. The predicted octanol–water partition coefficient (Wildman–Crippen LogP) is 2.90. The van der Waals surface area contributed by atoms with Gasteiger partial charge < -0.3 is 5.73 Å². The molecule has 0 aliphatic rings. The van der Waals surface area contributed by atoms with Gasteiger partial charge in [0.2, 0.25) is 10.0 Å². The standard InChI is InChI=1S/C15H26N2O2S/c1-2-3-4-5-12-20(18,19)17-15-10-6-8-14(13-15)9-7-11-16/h6,8,10,13,17H,2-5,7,9,11-12,16H2,1H3. The van der Waals surface area contributed by atoms with Crippen molar-refractivity contribution >= 4 is 15.7 Å². The van der Waals surface area contributed by atoms with Crippen LogP contribution in [0.25, 0.3) is 0 Å². The molecule has 0 atom stereocenters. The first-order valence-electron chi connectivity index (χ1n) is 7.37. The number of hydrogen-bond donors (Lipinski definition) is 2. The van der Waals surface area contributed by atoms with Gasteiger partial charge in [0, 0.05) is 5.69 Å². The number of sulfonamides is 1. The van der Waals surface area contributed by atoms with Crippen LogP contribution < -0.4 is 10.5 Å². The maximum Gasteiger partial charge on any atom is 0.232 e. The number of nitrogens with one attached hydrogen (secondary N) is 1. The summed E-state index contributed by atoms with van der Waals surface area (Å²) in [5.74, 6) is 0.194. The van der Waals surface area contributed by atoms with Crippen molar-refractivity contribution in [3.8, 4) is 0 Å². The van der Waals surface area contributed by atoms with Gasteiger partial charge in [-0.1, -0.05) is 38.3 Å². The first-order valence-corrected chi connectivity index (χ1v) is 9.02. The van der Waals surface area contributed by atoms with E-state index >= 15 is 0 Å². The minimum Gasteiger partial charge on any atom is -0.330 e. The Balaban J connectivity index is 2.53. The Bertz CT molecular complexity index is 486. The predicted molar refractivity (Wildman–Crippen MR) is 85.4 cm³/mol. The molecule has 0 heterocycles. The fraction of sp³-hybridized carbons (Fsp3) is 0.600. The first-order chi connectivity index (χ1) is 9.57. The van der Waals surface area contributed by atoms with Crippen molar-refractivity contribution in [3.05, 3.63) is 29.8 Å². The first kappa shape index (κ1) is 17.0. The quantitative estimate of drug-likeness (QED) is 0.652. The Labute approximate surface area is 122 Å². The van der Waals surface area contributed by atoms with E-state index in [2.05, 4.69) is 11.6 Å². The van der Waals surface area contributed by atoms with Gasteiger partial charge in [0.1, 0.15) is 0 Å². The lowest BCUT2D eigenvalue weighted by atomic mass is 10.1. The molecule has 0 fully saturated rings. The molecule has 0 saturated carbocycles. The number of nitrogens with two attached hydrogens (primary N) is 1. The second-order valence-corrected chi connectivity index (χ2v) is 6.92. The molecule has 1 aromatic carbocycles. The second-order valence-electron chi connectivity index (χ2n) is 5.07. The molecule has 114 valence electrons. The number of anilines is 1. The van der Waals surface area contributed by atoms with E-state index in [1.54, 1.807) is 6.07 Å². The maximum atomic E-state index is 12.0. The molecule has 0 amide bonds. The molecule has 5 heteroatoms. The summed E-state index contributed by atoms with van der Waals surface area (Å²) in [6.07, 6.45) is 5.67. The van der Waals surface area contributed by atoms with E-state index in [-0.39, 0.29) is 5.75 Å². The van der Waals surface area contributed by atoms with Gasteiger partial charge in [0.25, 0.3) is 0 Å². The number of hydrogen-bond acceptors (Lipinski definition) is 3. The molecule has 20 heavy (non-hydrogen) atoms. The zero-order valence-corrected chi connectivity index (χ0v) is 13.1. The van der Waals surface area contributed by atoms with Crippen molar-refractivity contribution in [2.45, 2.75) is 45.4 Å². The summed E-state index contributed by atoms with van der Waals surface area (Å²) in [6.45, 7) is 2.76. The highest BCUT2D eigenvalue weighted by Gasteiger charge is 2.10. The largest absolute Gasteiger partial charge is 0.330 e. The molecule has 4 nitrogen and oxygen atoms in total. The van der Waals surface area contributed by atoms with Crippen LogP contribution in [0.1, 0.15) is 44.6 Å². The molecule has 1 aromatic rings. The normalized spacial score (nSPS) is 11.5. The lowest BCUT2D eigenvalue weighted by Crippen LogP contribution is -2.16. The summed E-state index contributed by atoms with van der Waals surface area (Å²) in [4.78, 5) is 0. The van der Waals surface area contributed by atoms with Crippen molar-refractivity contribution in [1.82, 2.24) is 0 Å². The monoisotopic (exact) mass is 298 g/mol. The van der Waals surface area contributed by atoms with Gasteiger partial charge in [-0.05, 0) is 43.5 Å². The third-order valence-electron chi connectivity index (χ3n) is 3.14. The summed E-state index contributed by atoms with van der Waals surface area (Å²) in [7, 11) is -3.23. The van der Waals surface area contributed by atoms with E-state index in [4.69, 9.17) is 5.73 Å². The molecule has 0 unspecified atom stereocenters. The number of unbranched alkanes of at least 4 members (excludes halogenated alkanes) is 3. The molecule has 0 bridgehead atoms. The number of benzene rings is 1. The van der Waals surface area contributed by atoms with Gasteiger partial charge in [0.15, 0.2) is 0 Å². The van der Waals surface area contributed by atoms with Crippen LogP contribution in [-0.2, 0) is 16.4 Å². The molecule has 3 N–H and O–H groups in total. The van der Waals surface area contributed by atoms with E-state index in [9.17, 15) is 8.42 Å². The molecular formula is C15H26N2O2S. The lowest BCUT2D eigenvalue weighted by Gasteiger charge is -2.09. The summed E-state index contributed by atoms with van der Waals surface area (Å²) in [6, 6.07) is 7.55. The minimum atomic E-state index is -3.23. The van der Waals surface area contributed by atoms with Crippen molar-refractivity contribution in [2.24, 2.45) is 5.73 Å². The van der Waals surface area contributed by atoms with Gasteiger partial charge in [-0.15, -0.1) is 0 Å². The fourth-order valence-electron chi connectivity index (χ4n) is 2.05. The van der Waals surface area contributed by atoms with Crippen LogP contribution in [0.5, 0.6) is 0 Å². The van der Waals surface area contributed by atoms with Crippen LogP contribution in [-0.4, -0.2) is 20.7 Å². The molecule has 0 spiro atoms. The minimum absolute atomic E-state index is 0.194. The summed E-state index contributed by atoms with van der Waals surface area (Å²) < 4.78 is 26.6. The maximum absolute atomic E-state index is 12.0. The summed E-state index contributed by atoms with van der Waals surface area (Å²) in [5.41, 5.74) is 7.24. The Morgan fingerprint density at radius 3 is 2.65 bits per heavy atom. The topological polar surface area (TPSA) is 72.2 Å². The summed E-state index contributed by atoms with van der Waals surface area (Å²) in [5, 5.41) is 0. The van der Waals surface area contributed by atoms with Crippen molar-refractivity contribution < 1.29 is 8.42 Å². The smallest absolute Gasteiger partial charge is 0.232 e. The number of aryl methyl sites for hydroxylation is 1. The van der Waals surface area contributed by atoms with E-state index in [0.29, 0.717) is 12.2 Å². The van der Waals surface area contributed by atoms with Gasteiger partial charge in [-0.2, -0.15) is 0 Å². The van der Waals surface area contributed by atoms with Crippen molar-refractivity contribution in [2.75, 3.05) is 17.0 Å². The van der Waals surface area contributed by atoms with E-state index < -0.39 is 10.0 Å². The van der Waals surface area contributed by atoms with Crippen LogP contribution in [0.2, 0.25) is 0 Å². The zero-order chi connectivity index (χ0) is 14.8. The molecule has 1 rings (SSSR count). The van der Waals surface area contributed by atoms with E-state index in [1.807, 2.05) is 18.2 Å². The Hall–Kier alpha value is -1.07. The average Bonchev–Trinajstić information content (AvgIpc) is 2.41. The van der Waals surface area contributed by atoms with Crippen LogP contribution >= 0.6 is 0 Å². The summed E-state index contributed by atoms with van der Waals surface area (Å²) >= 11 is 0. The second kappa shape index (κ2) is 8.97. The van der Waals surface area contributed by atoms with Crippen molar-refractivity contribution in [3.63, 3.8) is 0 Å². The Morgan fingerprint density at radius 2 is 1.95 bits per heavy atom. The van der Waals surface area contributed by atoms with Crippen LogP contribution in [0.15, 0.2) is 24.3 Å². The van der Waals surface area contributed by atoms with Crippen LogP contribution in [0, 0.1) is 0 Å². The SMILES string of the molecule is CCCCCCS(=O)(=O)Nc1cccc(CCCN)c1. The molecule has 0 aromatic heterocycles. The van der Waals surface area contributed by atoms with E-state index in [1.165, 1.54) is 0 Å². The van der Waals surface area contributed by atoms with Gasteiger partial charge in [0.05, 0.1) is 5.75 Å². The van der Waals surface area contributed by atoms with Gasteiger partial charge >= 0.3 is 0 Å². The van der Waals surface area contributed by atoms with E-state index in [0.717, 1.165) is 44.1 Å². The third-order valence-corrected chi connectivity index (χ3v) is 4.51. The number of rotatable bonds is 10. The molecule has 0 radical (unpaired) electrons. The van der Waals surface area contributed by atoms with Crippen LogP contribution in [0.3, 0.4) is 0 Å². The molecule has 0 aliphatic carbocycles. The van der Waals surface area contributed by atoms with Crippen LogP contribution in [0.4, 0.5) is 5.69 Å². The van der Waals surface area contributed by atoms with Gasteiger partial charge in [-0.3, -0.25) is 4.72 Å². The highest BCUT2D eigenvalue weighted by atomic mass is 32.2. The molecule has 0 saturated heterocycles. The third kappa shape index (κ3) is 6.91. The molecule has 0 aliphatic heterocycles. The zero-order valence-electron chi connectivity index (χ0n) is 12.3. The highest BCUT2D eigenvalue weighted by molar-refractivity contribution is 7.92. The average molecular weight is 298 g/mol. The van der Waals surface area contributed by atoms with Crippen molar-refractivity contribution in [1.29, 1.82) is 0 Å². The Kier molecular flexibility index (Phi) is 7.62. The molecular weight excluding hydrogens is 272 g/mol.